The molecule has 16 heavy (non-hydrogen) atoms. The highest BCUT2D eigenvalue weighted by Gasteiger charge is 2.72. The van der Waals surface area contributed by atoms with Crippen LogP contribution in [0.3, 0.4) is 0 Å². The zero-order chi connectivity index (χ0) is 12.0. The fourth-order valence-electron chi connectivity index (χ4n) is 1.57. The van der Waals surface area contributed by atoms with Gasteiger partial charge in [-0.2, -0.15) is 0 Å². The standard InChI is InChI=1S/C8H12N2O4S2/c9-4-1-15-16-7(3-14-5(4)11)2-8(7,10)6(12)13/h4H,1-3,9-10H2,(H,12,13). The van der Waals surface area contributed by atoms with Gasteiger partial charge in [-0.25, -0.2) is 0 Å². The summed E-state index contributed by atoms with van der Waals surface area (Å²) in [4.78, 5) is 22.3. The van der Waals surface area contributed by atoms with Gasteiger partial charge in [-0.15, -0.1) is 0 Å². The molecule has 0 radical (unpaired) electrons. The molecule has 8 heteroatoms. The highest BCUT2D eigenvalue weighted by atomic mass is 33.1. The third-order valence-electron chi connectivity index (χ3n) is 2.85. The molecule has 1 saturated heterocycles. The number of carboxylic acid groups (broad SMARTS) is 1. The van der Waals surface area contributed by atoms with Gasteiger partial charge in [0.2, 0.25) is 0 Å². The van der Waals surface area contributed by atoms with Crippen LogP contribution < -0.4 is 11.5 Å². The van der Waals surface area contributed by atoms with Crippen LogP contribution in [0.1, 0.15) is 6.42 Å². The summed E-state index contributed by atoms with van der Waals surface area (Å²) < 4.78 is 4.28. The van der Waals surface area contributed by atoms with E-state index in [-0.39, 0.29) is 6.61 Å². The van der Waals surface area contributed by atoms with Crippen molar-refractivity contribution < 1.29 is 19.4 Å². The molecule has 2 rings (SSSR count). The van der Waals surface area contributed by atoms with Gasteiger partial charge in [0.15, 0.2) is 0 Å². The summed E-state index contributed by atoms with van der Waals surface area (Å²) in [5.41, 5.74) is 9.99. The van der Waals surface area contributed by atoms with E-state index < -0.39 is 28.3 Å². The maximum atomic E-state index is 11.3. The Morgan fingerprint density at radius 2 is 2.31 bits per heavy atom. The molecule has 90 valence electrons. The molecule has 1 aliphatic heterocycles. The van der Waals surface area contributed by atoms with Crippen LogP contribution in [0.2, 0.25) is 0 Å². The van der Waals surface area contributed by atoms with Gasteiger partial charge in [0.05, 0.1) is 4.75 Å². The molecule has 2 fully saturated rings. The van der Waals surface area contributed by atoms with Crippen molar-refractivity contribution in [1.29, 1.82) is 0 Å². The molecule has 1 heterocycles. The minimum atomic E-state index is -1.29. The Balaban J connectivity index is 2.09. The number of cyclic esters (lactones) is 1. The summed E-state index contributed by atoms with van der Waals surface area (Å²) in [5.74, 6) is -1.14. The van der Waals surface area contributed by atoms with Crippen molar-refractivity contribution in [1.82, 2.24) is 0 Å². The number of carboxylic acids is 1. The number of hydrogen-bond donors (Lipinski definition) is 3. The normalized spacial score (nSPS) is 43.4. The van der Waals surface area contributed by atoms with Gasteiger partial charge in [-0.05, 0) is 6.42 Å². The second-order valence-corrected chi connectivity index (χ2v) is 6.75. The number of carbonyl (C=O) groups is 2. The van der Waals surface area contributed by atoms with Gasteiger partial charge in [0.25, 0.3) is 0 Å². The van der Waals surface area contributed by atoms with Gasteiger partial charge in [-0.3, -0.25) is 9.59 Å². The lowest BCUT2D eigenvalue weighted by atomic mass is 10.2. The molecule has 6 nitrogen and oxygen atoms in total. The van der Waals surface area contributed by atoms with Crippen LogP contribution in [-0.4, -0.2) is 45.7 Å². The van der Waals surface area contributed by atoms with E-state index in [0.29, 0.717) is 12.2 Å². The Bertz CT molecular complexity index is 353. The first-order valence-corrected chi connectivity index (χ1v) is 6.98. The van der Waals surface area contributed by atoms with Crippen molar-refractivity contribution in [3.05, 3.63) is 0 Å². The SMILES string of the molecule is NC1CSSC2(COC1=O)CC2(N)C(=O)O. The first-order chi connectivity index (χ1) is 7.41. The topological polar surface area (TPSA) is 116 Å². The molecule has 5 N–H and O–H groups in total. The van der Waals surface area contributed by atoms with E-state index in [1.54, 1.807) is 0 Å². The number of nitrogens with two attached hydrogens (primary N) is 2. The third kappa shape index (κ3) is 1.69. The molecule has 0 amide bonds. The van der Waals surface area contributed by atoms with Crippen LogP contribution in [0, 0.1) is 0 Å². The third-order valence-corrected chi connectivity index (χ3v) is 6.13. The van der Waals surface area contributed by atoms with E-state index in [2.05, 4.69) is 0 Å². The van der Waals surface area contributed by atoms with Crippen molar-refractivity contribution in [2.75, 3.05) is 12.4 Å². The average Bonchev–Trinajstić information content (AvgIpc) is 2.82. The minimum absolute atomic E-state index is 0.0139. The quantitative estimate of drug-likeness (QED) is 0.415. The zero-order valence-corrected chi connectivity index (χ0v) is 9.97. The Morgan fingerprint density at radius 3 is 2.88 bits per heavy atom. The molecule has 2 aliphatic rings. The molecule has 0 aromatic carbocycles. The number of hydrogen-bond acceptors (Lipinski definition) is 7. The number of ether oxygens (including phenoxy) is 1. The van der Waals surface area contributed by atoms with Crippen LogP contribution >= 0.6 is 21.6 Å². The second kappa shape index (κ2) is 3.80. The Morgan fingerprint density at radius 1 is 1.62 bits per heavy atom. The summed E-state index contributed by atoms with van der Waals surface area (Å²) in [6.07, 6.45) is 0.315. The van der Waals surface area contributed by atoms with E-state index in [1.807, 2.05) is 0 Å². The average molecular weight is 264 g/mol. The fraction of sp³-hybridized carbons (Fsp3) is 0.750. The lowest BCUT2D eigenvalue weighted by molar-refractivity contribution is -0.146. The lowest BCUT2D eigenvalue weighted by Gasteiger charge is -2.23. The van der Waals surface area contributed by atoms with Crippen LogP contribution in [0.4, 0.5) is 0 Å². The highest BCUT2D eigenvalue weighted by Crippen LogP contribution is 2.60. The summed E-state index contributed by atoms with van der Waals surface area (Å²) in [6, 6.07) is -0.648. The zero-order valence-electron chi connectivity index (χ0n) is 8.34. The first kappa shape index (κ1) is 12.0. The van der Waals surface area contributed by atoms with Crippen LogP contribution in [0.5, 0.6) is 0 Å². The molecule has 1 saturated carbocycles. The largest absolute Gasteiger partial charge is 0.480 e. The second-order valence-electron chi connectivity index (χ2n) is 4.03. The number of aliphatic carboxylic acids is 1. The predicted molar refractivity (Wildman–Crippen MR) is 60.9 cm³/mol. The fourth-order valence-corrected chi connectivity index (χ4v) is 4.86. The van der Waals surface area contributed by atoms with Crippen molar-refractivity contribution >= 4 is 33.5 Å². The van der Waals surface area contributed by atoms with E-state index >= 15 is 0 Å². The summed E-state index contributed by atoms with van der Waals surface area (Å²) in [5, 5.41) is 9.00. The molecule has 0 aromatic heterocycles. The molecule has 1 aliphatic carbocycles. The first-order valence-electron chi connectivity index (χ1n) is 4.66. The van der Waals surface area contributed by atoms with Crippen molar-refractivity contribution in [3.8, 4) is 0 Å². The molecule has 0 aromatic rings. The lowest BCUT2D eigenvalue weighted by Crippen LogP contribution is -2.45. The van der Waals surface area contributed by atoms with Gasteiger partial charge < -0.3 is 21.3 Å². The van der Waals surface area contributed by atoms with Crippen molar-refractivity contribution in [2.24, 2.45) is 11.5 Å². The Kier molecular flexibility index (Phi) is 2.85. The van der Waals surface area contributed by atoms with E-state index in [9.17, 15) is 9.59 Å². The summed E-state index contributed by atoms with van der Waals surface area (Å²) in [6.45, 7) is 0.0139. The van der Waals surface area contributed by atoms with Crippen molar-refractivity contribution in [2.45, 2.75) is 22.7 Å². The summed E-state index contributed by atoms with van der Waals surface area (Å²) in [7, 11) is 2.74. The number of carbonyl (C=O) groups excluding carboxylic acids is 1. The molecule has 1 spiro atoms. The van der Waals surface area contributed by atoms with E-state index in [0.717, 1.165) is 0 Å². The summed E-state index contributed by atoms with van der Waals surface area (Å²) >= 11 is 0. The van der Waals surface area contributed by atoms with Crippen LogP contribution in [0.15, 0.2) is 0 Å². The Labute approximate surface area is 99.8 Å². The van der Waals surface area contributed by atoms with Gasteiger partial charge in [0, 0.05) is 5.75 Å². The highest BCUT2D eigenvalue weighted by molar-refractivity contribution is 8.77. The smallest absolute Gasteiger partial charge is 0.325 e. The van der Waals surface area contributed by atoms with E-state index in [4.69, 9.17) is 21.3 Å². The monoisotopic (exact) mass is 264 g/mol. The van der Waals surface area contributed by atoms with Crippen LogP contribution in [0.25, 0.3) is 0 Å². The molecular formula is C8H12N2O4S2. The van der Waals surface area contributed by atoms with Gasteiger partial charge >= 0.3 is 11.9 Å². The van der Waals surface area contributed by atoms with Crippen LogP contribution in [-0.2, 0) is 14.3 Å². The number of esters is 1. The van der Waals surface area contributed by atoms with Gasteiger partial charge in [0.1, 0.15) is 18.2 Å². The maximum absolute atomic E-state index is 11.3. The minimum Gasteiger partial charge on any atom is -0.480 e. The molecule has 3 atom stereocenters. The predicted octanol–water partition coefficient (Wildman–Crippen LogP) is -0.823. The van der Waals surface area contributed by atoms with Gasteiger partial charge in [-0.1, -0.05) is 21.6 Å². The maximum Gasteiger partial charge on any atom is 0.325 e. The molecule has 3 unspecified atom stereocenters. The Hall–Kier alpha value is -0.440. The van der Waals surface area contributed by atoms with E-state index in [1.165, 1.54) is 21.6 Å². The molecular weight excluding hydrogens is 252 g/mol. The van der Waals surface area contributed by atoms with Crippen molar-refractivity contribution in [3.63, 3.8) is 0 Å². The molecule has 0 bridgehead atoms. The number of rotatable bonds is 1.